The minimum atomic E-state index is -0.267. The van der Waals surface area contributed by atoms with Crippen LogP contribution in [-0.4, -0.2) is 22.3 Å². The number of nitrogens with zero attached hydrogens (tertiary/aromatic N) is 3. The van der Waals surface area contributed by atoms with E-state index in [1.54, 1.807) is 25.3 Å². The molecule has 0 saturated carbocycles. The Bertz CT molecular complexity index is 905. The smallest absolute Gasteiger partial charge is 0.249 e. The third-order valence-electron chi connectivity index (χ3n) is 3.67. The predicted octanol–water partition coefficient (Wildman–Crippen LogP) is 4.34. The molecule has 3 aromatic rings. The molecule has 2 aromatic carbocycles. The van der Waals surface area contributed by atoms with Crippen molar-refractivity contribution in [2.75, 3.05) is 17.7 Å². The average Bonchev–Trinajstić information content (AvgIpc) is 2.64. The first-order valence-corrected chi connectivity index (χ1v) is 8.22. The number of halogens is 2. The summed E-state index contributed by atoms with van der Waals surface area (Å²) in [4.78, 5) is 4.37. The van der Waals surface area contributed by atoms with E-state index in [-0.39, 0.29) is 5.82 Å². The molecular weight excluding hydrogens is 357 g/mol. The van der Waals surface area contributed by atoms with Crippen molar-refractivity contribution in [2.24, 2.45) is 0 Å². The van der Waals surface area contributed by atoms with E-state index >= 15 is 0 Å². The molecule has 8 heteroatoms. The van der Waals surface area contributed by atoms with Crippen LogP contribution < -0.4 is 15.4 Å². The van der Waals surface area contributed by atoms with Crippen LogP contribution in [0.3, 0.4) is 0 Å². The van der Waals surface area contributed by atoms with E-state index in [4.69, 9.17) is 16.3 Å². The molecule has 0 fully saturated rings. The molecular formula is C18H17ClFN5O. The maximum atomic E-state index is 12.9. The van der Waals surface area contributed by atoms with Gasteiger partial charge in [-0.25, -0.2) is 4.39 Å². The van der Waals surface area contributed by atoms with Crippen LogP contribution in [0.1, 0.15) is 11.1 Å². The molecule has 1 aromatic heterocycles. The van der Waals surface area contributed by atoms with Crippen molar-refractivity contribution < 1.29 is 9.13 Å². The SMILES string of the molecule is COc1cc(Cl)c(C)cc1Nc1nncc(NCc2ccc(F)cc2)n1. The standard InChI is InChI=1S/C18H17ClFN5O/c1-11-7-15(16(26-2)8-14(11)19)23-18-24-17(10-22-25-18)21-9-12-3-5-13(20)6-4-12/h3-8,10H,9H2,1-2H3,(H2,21,23,24,25). The van der Waals surface area contributed by atoms with E-state index in [1.165, 1.54) is 18.3 Å². The number of rotatable bonds is 6. The maximum absolute atomic E-state index is 12.9. The number of aromatic nitrogens is 3. The first-order chi connectivity index (χ1) is 12.5. The van der Waals surface area contributed by atoms with Gasteiger partial charge in [0.15, 0.2) is 5.82 Å². The fraction of sp³-hybridized carbons (Fsp3) is 0.167. The topological polar surface area (TPSA) is 72.0 Å². The summed E-state index contributed by atoms with van der Waals surface area (Å²) in [7, 11) is 1.56. The number of anilines is 3. The monoisotopic (exact) mass is 373 g/mol. The van der Waals surface area contributed by atoms with Gasteiger partial charge in [0.25, 0.3) is 0 Å². The first-order valence-electron chi connectivity index (χ1n) is 7.84. The lowest BCUT2D eigenvalue weighted by atomic mass is 10.2. The lowest BCUT2D eigenvalue weighted by molar-refractivity contribution is 0.416. The zero-order chi connectivity index (χ0) is 18.5. The molecule has 0 unspecified atom stereocenters. The van der Waals surface area contributed by atoms with Crippen LogP contribution in [0.5, 0.6) is 5.75 Å². The Hall–Kier alpha value is -2.93. The third-order valence-corrected chi connectivity index (χ3v) is 4.08. The van der Waals surface area contributed by atoms with Gasteiger partial charge >= 0.3 is 0 Å². The van der Waals surface area contributed by atoms with Gasteiger partial charge in [0.2, 0.25) is 5.95 Å². The van der Waals surface area contributed by atoms with Gasteiger partial charge in [-0.1, -0.05) is 23.7 Å². The molecule has 0 aliphatic carbocycles. The first kappa shape index (κ1) is 17.9. The Morgan fingerprint density at radius 2 is 1.96 bits per heavy atom. The highest BCUT2D eigenvalue weighted by molar-refractivity contribution is 6.31. The number of hydrogen-bond donors (Lipinski definition) is 2. The van der Waals surface area contributed by atoms with Gasteiger partial charge in [-0.2, -0.15) is 10.1 Å². The number of nitrogens with one attached hydrogen (secondary N) is 2. The Morgan fingerprint density at radius 3 is 2.69 bits per heavy atom. The fourth-order valence-electron chi connectivity index (χ4n) is 2.29. The number of ether oxygens (including phenoxy) is 1. The average molecular weight is 374 g/mol. The third kappa shape index (κ3) is 4.37. The highest BCUT2D eigenvalue weighted by atomic mass is 35.5. The molecule has 0 amide bonds. The van der Waals surface area contributed by atoms with Crippen molar-refractivity contribution in [3.8, 4) is 5.75 Å². The van der Waals surface area contributed by atoms with Crippen molar-refractivity contribution in [1.82, 2.24) is 15.2 Å². The highest BCUT2D eigenvalue weighted by Gasteiger charge is 2.09. The Morgan fingerprint density at radius 1 is 1.19 bits per heavy atom. The van der Waals surface area contributed by atoms with E-state index in [9.17, 15) is 4.39 Å². The predicted molar refractivity (Wildman–Crippen MR) is 99.6 cm³/mol. The summed E-state index contributed by atoms with van der Waals surface area (Å²) in [5.74, 6) is 1.16. The van der Waals surface area contributed by atoms with E-state index in [2.05, 4.69) is 25.8 Å². The lowest BCUT2D eigenvalue weighted by Gasteiger charge is -2.12. The maximum Gasteiger partial charge on any atom is 0.249 e. The van der Waals surface area contributed by atoms with Gasteiger partial charge in [-0.15, -0.1) is 5.10 Å². The van der Waals surface area contributed by atoms with E-state index in [0.717, 1.165) is 11.1 Å². The van der Waals surface area contributed by atoms with Crippen molar-refractivity contribution in [1.29, 1.82) is 0 Å². The largest absolute Gasteiger partial charge is 0.495 e. The summed E-state index contributed by atoms with van der Waals surface area (Å²) in [5, 5.41) is 14.7. The van der Waals surface area contributed by atoms with Crippen LogP contribution in [0.4, 0.5) is 21.8 Å². The minimum absolute atomic E-state index is 0.267. The second kappa shape index (κ2) is 7.97. The van der Waals surface area contributed by atoms with Crippen LogP contribution in [0.25, 0.3) is 0 Å². The van der Waals surface area contributed by atoms with Crippen molar-refractivity contribution in [3.05, 3.63) is 64.6 Å². The van der Waals surface area contributed by atoms with Crippen LogP contribution in [0.15, 0.2) is 42.6 Å². The zero-order valence-electron chi connectivity index (χ0n) is 14.3. The molecule has 0 atom stereocenters. The molecule has 1 heterocycles. The molecule has 3 rings (SSSR count). The Balaban J connectivity index is 1.73. The fourth-order valence-corrected chi connectivity index (χ4v) is 2.44. The van der Waals surface area contributed by atoms with Gasteiger partial charge in [-0.3, -0.25) is 0 Å². The number of methoxy groups -OCH3 is 1. The summed E-state index contributed by atoms with van der Waals surface area (Å²) in [6.07, 6.45) is 1.51. The number of benzene rings is 2. The van der Waals surface area contributed by atoms with E-state index in [1.807, 2.05) is 13.0 Å². The summed E-state index contributed by atoms with van der Waals surface area (Å²) in [5.41, 5.74) is 2.51. The molecule has 134 valence electrons. The molecule has 0 aliphatic rings. The second-order valence-corrected chi connectivity index (χ2v) is 5.98. The van der Waals surface area contributed by atoms with Crippen molar-refractivity contribution >= 4 is 29.1 Å². The highest BCUT2D eigenvalue weighted by Crippen LogP contribution is 2.32. The van der Waals surface area contributed by atoms with Crippen LogP contribution in [0.2, 0.25) is 5.02 Å². The normalized spacial score (nSPS) is 10.5. The molecule has 6 nitrogen and oxygen atoms in total. The van der Waals surface area contributed by atoms with E-state index < -0.39 is 0 Å². The lowest BCUT2D eigenvalue weighted by Crippen LogP contribution is -2.06. The van der Waals surface area contributed by atoms with Crippen molar-refractivity contribution in [3.63, 3.8) is 0 Å². The molecule has 0 aliphatic heterocycles. The molecule has 0 bridgehead atoms. The molecule has 0 saturated heterocycles. The number of aryl methyl sites for hydroxylation is 1. The second-order valence-electron chi connectivity index (χ2n) is 5.57. The van der Waals surface area contributed by atoms with Gasteiger partial charge < -0.3 is 15.4 Å². The van der Waals surface area contributed by atoms with Crippen LogP contribution in [0, 0.1) is 12.7 Å². The molecule has 26 heavy (non-hydrogen) atoms. The quantitative estimate of drug-likeness (QED) is 0.669. The van der Waals surface area contributed by atoms with Gasteiger partial charge in [0.05, 0.1) is 19.0 Å². The molecule has 0 spiro atoms. The summed E-state index contributed by atoms with van der Waals surface area (Å²) in [6, 6.07) is 9.82. The Labute approximate surface area is 155 Å². The minimum Gasteiger partial charge on any atom is -0.495 e. The van der Waals surface area contributed by atoms with Crippen LogP contribution >= 0.6 is 11.6 Å². The van der Waals surface area contributed by atoms with Gasteiger partial charge in [-0.05, 0) is 36.2 Å². The molecule has 2 N–H and O–H groups in total. The molecule has 0 radical (unpaired) electrons. The van der Waals surface area contributed by atoms with Crippen LogP contribution in [-0.2, 0) is 6.54 Å². The summed E-state index contributed by atoms with van der Waals surface area (Å²) >= 11 is 6.12. The van der Waals surface area contributed by atoms with Gasteiger partial charge in [0, 0.05) is 17.6 Å². The zero-order valence-corrected chi connectivity index (χ0v) is 15.0. The van der Waals surface area contributed by atoms with E-state index in [0.29, 0.717) is 34.8 Å². The summed E-state index contributed by atoms with van der Waals surface area (Å²) < 4.78 is 18.3. The summed E-state index contributed by atoms with van der Waals surface area (Å²) in [6.45, 7) is 2.38. The number of hydrogen-bond acceptors (Lipinski definition) is 6. The Kier molecular flexibility index (Phi) is 5.48. The van der Waals surface area contributed by atoms with Gasteiger partial charge in [0.1, 0.15) is 11.6 Å². The van der Waals surface area contributed by atoms with Crippen molar-refractivity contribution in [2.45, 2.75) is 13.5 Å².